The normalized spacial score (nSPS) is 14.3. The molecule has 0 unspecified atom stereocenters. The molecule has 4 heterocycles. The maximum absolute atomic E-state index is 5.65. The van der Waals surface area contributed by atoms with Crippen LogP contribution in [0.5, 0.6) is 0 Å². The molecule has 0 aliphatic carbocycles. The molecular weight excluding hydrogens is 288 g/mol. The van der Waals surface area contributed by atoms with Crippen LogP contribution in [0.1, 0.15) is 27.8 Å². The lowest BCUT2D eigenvalue weighted by molar-refractivity contribution is 0.0968. The van der Waals surface area contributed by atoms with Crippen LogP contribution in [0.2, 0.25) is 0 Å². The largest absolute Gasteiger partial charge is 0.384 e. The van der Waals surface area contributed by atoms with E-state index < -0.39 is 0 Å². The van der Waals surface area contributed by atoms with Crippen molar-refractivity contribution in [1.82, 2.24) is 15.0 Å². The number of nitrogen functional groups attached to an aromatic ring is 1. The predicted molar refractivity (Wildman–Crippen MR) is 97.4 cm³/mol. The molecule has 0 bridgehead atoms. The second kappa shape index (κ2) is 7.24. The summed E-state index contributed by atoms with van der Waals surface area (Å²) in [6.07, 6.45) is 7.52. The van der Waals surface area contributed by atoms with Crippen LogP contribution in [0.25, 0.3) is 22.2 Å². The van der Waals surface area contributed by atoms with Gasteiger partial charge in [-0.3, -0.25) is 4.98 Å². The lowest BCUT2D eigenvalue weighted by Crippen LogP contribution is -2.03. The zero-order valence-corrected chi connectivity index (χ0v) is 13.4. The number of H-pyrrole nitrogens is 1. The molecule has 0 spiro atoms. The van der Waals surface area contributed by atoms with Gasteiger partial charge in [0.05, 0.1) is 5.52 Å². The van der Waals surface area contributed by atoms with Crippen LogP contribution in [0.4, 0.5) is 5.82 Å². The molecule has 1 fully saturated rings. The molecule has 4 rings (SSSR count). The maximum atomic E-state index is 5.65. The Hall–Kier alpha value is -2.40. The fraction of sp³-hybridized carbons (Fsp3) is 0.333. The number of hydrogen-bond donors (Lipinski definition) is 2. The van der Waals surface area contributed by atoms with Gasteiger partial charge in [0.15, 0.2) is 0 Å². The standard InChI is InChI=1S/C13H12N4.C5H10O.2H2/c1-8-4-9(2-3-15-8)11-5-10-7-16-13(14)6-12(10)17-11;1-2-4-6-5-3-1;;/h2-7,17H,1H3,(H2,14,16);1-5H2;2*1H. The lowest BCUT2D eigenvalue weighted by Gasteiger charge is -2.08. The van der Waals surface area contributed by atoms with Crippen molar-refractivity contribution >= 4 is 16.7 Å². The summed E-state index contributed by atoms with van der Waals surface area (Å²) in [5.74, 6) is 0.525. The number of hydrogen-bond acceptors (Lipinski definition) is 4. The molecule has 0 aromatic carbocycles. The second-order valence-electron chi connectivity index (χ2n) is 5.74. The summed E-state index contributed by atoms with van der Waals surface area (Å²) < 4.78 is 5.07. The van der Waals surface area contributed by atoms with Crippen molar-refractivity contribution in [3.8, 4) is 11.3 Å². The number of rotatable bonds is 1. The summed E-state index contributed by atoms with van der Waals surface area (Å²) in [4.78, 5) is 11.6. The molecule has 0 atom stereocenters. The molecule has 0 saturated carbocycles. The minimum absolute atomic E-state index is 0. The first-order valence-electron chi connectivity index (χ1n) is 7.97. The van der Waals surface area contributed by atoms with Crippen LogP contribution in [0.3, 0.4) is 0 Å². The molecule has 5 heteroatoms. The van der Waals surface area contributed by atoms with E-state index in [1.54, 1.807) is 6.20 Å². The fourth-order valence-electron chi connectivity index (χ4n) is 2.60. The molecule has 124 valence electrons. The number of aryl methyl sites for hydroxylation is 1. The van der Waals surface area contributed by atoms with Gasteiger partial charge in [0.25, 0.3) is 0 Å². The highest BCUT2D eigenvalue weighted by atomic mass is 16.5. The first kappa shape index (κ1) is 15.5. The molecule has 3 aromatic rings. The Morgan fingerprint density at radius 3 is 2.61 bits per heavy atom. The minimum atomic E-state index is 0. The maximum Gasteiger partial charge on any atom is 0.125 e. The third kappa shape index (κ3) is 4.07. The molecule has 3 N–H and O–H groups in total. The summed E-state index contributed by atoms with van der Waals surface area (Å²) in [6, 6.07) is 7.93. The molecule has 1 saturated heterocycles. The highest BCUT2D eigenvalue weighted by Gasteiger charge is 2.04. The van der Waals surface area contributed by atoms with E-state index in [-0.39, 0.29) is 2.85 Å². The van der Waals surface area contributed by atoms with Crippen molar-refractivity contribution in [3.05, 3.63) is 42.4 Å². The Bertz CT molecular complexity index is 776. The van der Waals surface area contributed by atoms with Crippen molar-refractivity contribution in [1.29, 1.82) is 0 Å². The number of aromatic amines is 1. The molecule has 5 nitrogen and oxygen atoms in total. The molecule has 0 amide bonds. The Balaban J connectivity index is 0.000000336. The van der Waals surface area contributed by atoms with Crippen LogP contribution in [0.15, 0.2) is 36.7 Å². The van der Waals surface area contributed by atoms with Gasteiger partial charge >= 0.3 is 0 Å². The van der Waals surface area contributed by atoms with Crippen LogP contribution in [-0.4, -0.2) is 28.2 Å². The van der Waals surface area contributed by atoms with Gasteiger partial charge in [0.2, 0.25) is 0 Å². The van der Waals surface area contributed by atoms with Crippen molar-refractivity contribution in [2.24, 2.45) is 0 Å². The third-order valence-corrected chi connectivity index (χ3v) is 3.81. The van der Waals surface area contributed by atoms with Gasteiger partial charge in [0, 0.05) is 56.9 Å². The Morgan fingerprint density at radius 2 is 1.96 bits per heavy atom. The van der Waals surface area contributed by atoms with Crippen LogP contribution >= 0.6 is 0 Å². The van der Waals surface area contributed by atoms with Crippen molar-refractivity contribution < 1.29 is 7.59 Å². The Morgan fingerprint density at radius 1 is 1.13 bits per heavy atom. The molecule has 23 heavy (non-hydrogen) atoms. The van der Waals surface area contributed by atoms with E-state index in [0.717, 1.165) is 41.1 Å². The number of fused-ring (bicyclic) bond motifs is 1. The molecular formula is C18H26N4O. The van der Waals surface area contributed by atoms with Gasteiger partial charge in [0.1, 0.15) is 5.82 Å². The zero-order chi connectivity index (χ0) is 16.1. The van der Waals surface area contributed by atoms with E-state index in [1.165, 1.54) is 19.3 Å². The number of nitrogens with two attached hydrogens (primary N) is 1. The topological polar surface area (TPSA) is 76.8 Å². The molecule has 3 aromatic heterocycles. The van der Waals surface area contributed by atoms with E-state index in [4.69, 9.17) is 10.5 Å². The molecule has 1 aliphatic heterocycles. The van der Waals surface area contributed by atoms with E-state index in [0.29, 0.717) is 5.82 Å². The van der Waals surface area contributed by atoms with Crippen LogP contribution in [-0.2, 0) is 4.74 Å². The molecule has 1 aliphatic rings. The summed E-state index contributed by atoms with van der Waals surface area (Å²) in [6.45, 7) is 3.98. The Labute approximate surface area is 138 Å². The second-order valence-corrected chi connectivity index (χ2v) is 5.74. The summed E-state index contributed by atoms with van der Waals surface area (Å²) in [7, 11) is 0. The minimum Gasteiger partial charge on any atom is -0.384 e. The predicted octanol–water partition coefficient (Wildman–Crippen LogP) is 4.19. The average Bonchev–Trinajstić information content (AvgIpc) is 3.00. The number of pyridine rings is 2. The van der Waals surface area contributed by atoms with Gasteiger partial charge in [-0.1, -0.05) is 0 Å². The third-order valence-electron chi connectivity index (χ3n) is 3.81. The molecule has 0 radical (unpaired) electrons. The summed E-state index contributed by atoms with van der Waals surface area (Å²) >= 11 is 0. The first-order chi connectivity index (χ1) is 11.2. The Kier molecular flexibility index (Phi) is 4.88. The SMILES string of the molecule is C1CCOCC1.Cc1cc(-c2cc3cnc(N)cc3[nH]2)ccn1.[HH].[HH]. The lowest BCUT2D eigenvalue weighted by atomic mass is 10.2. The quantitative estimate of drug-likeness (QED) is 0.706. The fourth-order valence-corrected chi connectivity index (χ4v) is 2.60. The number of anilines is 1. The van der Waals surface area contributed by atoms with Crippen LogP contribution in [0, 0.1) is 6.92 Å². The number of nitrogens with one attached hydrogen (secondary N) is 1. The average molecular weight is 314 g/mol. The number of aromatic nitrogens is 3. The van der Waals surface area contributed by atoms with Gasteiger partial charge in [-0.15, -0.1) is 0 Å². The highest BCUT2D eigenvalue weighted by molar-refractivity contribution is 5.86. The van der Waals surface area contributed by atoms with Gasteiger partial charge in [-0.05, 0) is 44.4 Å². The van der Waals surface area contributed by atoms with Gasteiger partial charge in [-0.25, -0.2) is 4.98 Å². The van der Waals surface area contributed by atoms with Crippen LogP contribution < -0.4 is 5.73 Å². The zero-order valence-electron chi connectivity index (χ0n) is 13.4. The van der Waals surface area contributed by atoms with Gasteiger partial charge in [-0.2, -0.15) is 0 Å². The van der Waals surface area contributed by atoms with Crippen molar-refractivity contribution in [3.63, 3.8) is 0 Å². The highest BCUT2D eigenvalue weighted by Crippen LogP contribution is 2.24. The monoisotopic (exact) mass is 314 g/mol. The number of ether oxygens (including phenoxy) is 1. The summed E-state index contributed by atoms with van der Waals surface area (Å²) in [5, 5.41) is 1.06. The first-order valence-corrected chi connectivity index (χ1v) is 7.97. The van der Waals surface area contributed by atoms with E-state index >= 15 is 0 Å². The van der Waals surface area contributed by atoms with E-state index in [9.17, 15) is 0 Å². The van der Waals surface area contributed by atoms with Crippen molar-refractivity contribution in [2.75, 3.05) is 18.9 Å². The van der Waals surface area contributed by atoms with E-state index in [1.807, 2.05) is 31.3 Å². The number of nitrogens with zero attached hydrogens (tertiary/aromatic N) is 2. The van der Waals surface area contributed by atoms with Gasteiger partial charge < -0.3 is 15.5 Å². The summed E-state index contributed by atoms with van der Waals surface area (Å²) in [5.41, 5.74) is 9.83. The van der Waals surface area contributed by atoms with E-state index in [2.05, 4.69) is 21.0 Å². The van der Waals surface area contributed by atoms with Crippen molar-refractivity contribution in [2.45, 2.75) is 26.2 Å². The smallest absolute Gasteiger partial charge is 0.125 e.